The molecular formula is C19H17NO. The SMILES string of the molecule is CC(O)(c1ccc(-c2ccccc2)cc1)c1ccccn1. The van der Waals surface area contributed by atoms with Crippen molar-refractivity contribution in [2.24, 2.45) is 0 Å². The van der Waals surface area contributed by atoms with E-state index in [0.29, 0.717) is 5.69 Å². The van der Waals surface area contributed by atoms with E-state index in [9.17, 15) is 5.11 Å². The zero-order valence-corrected chi connectivity index (χ0v) is 11.9. The van der Waals surface area contributed by atoms with Gasteiger partial charge in [0.1, 0.15) is 5.60 Å². The maximum absolute atomic E-state index is 10.8. The molecule has 21 heavy (non-hydrogen) atoms. The monoisotopic (exact) mass is 275 g/mol. The van der Waals surface area contributed by atoms with Crippen molar-refractivity contribution in [2.75, 3.05) is 0 Å². The minimum Gasteiger partial charge on any atom is -0.379 e. The van der Waals surface area contributed by atoms with Crippen molar-refractivity contribution in [1.29, 1.82) is 0 Å². The van der Waals surface area contributed by atoms with Crippen LogP contribution >= 0.6 is 0 Å². The highest BCUT2D eigenvalue weighted by Crippen LogP contribution is 2.29. The van der Waals surface area contributed by atoms with E-state index in [1.54, 1.807) is 13.1 Å². The zero-order chi connectivity index (χ0) is 14.7. The van der Waals surface area contributed by atoms with Crippen LogP contribution in [0.1, 0.15) is 18.2 Å². The molecule has 1 unspecified atom stereocenters. The second kappa shape index (κ2) is 5.51. The summed E-state index contributed by atoms with van der Waals surface area (Å²) >= 11 is 0. The fraction of sp³-hybridized carbons (Fsp3) is 0.105. The van der Waals surface area contributed by atoms with Crippen molar-refractivity contribution >= 4 is 0 Å². The first-order valence-corrected chi connectivity index (χ1v) is 6.98. The molecule has 0 radical (unpaired) electrons. The maximum atomic E-state index is 10.8. The van der Waals surface area contributed by atoms with Crippen LogP contribution in [0.4, 0.5) is 0 Å². The van der Waals surface area contributed by atoms with Crippen LogP contribution in [0.25, 0.3) is 11.1 Å². The number of pyridine rings is 1. The molecule has 3 rings (SSSR count). The quantitative estimate of drug-likeness (QED) is 0.783. The Balaban J connectivity index is 1.94. The van der Waals surface area contributed by atoms with Crippen LogP contribution in [0.3, 0.4) is 0 Å². The van der Waals surface area contributed by atoms with Crippen LogP contribution in [0.15, 0.2) is 79.0 Å². The lowest BCUT2D eigenvalue weighted by Gasteiger charge is -2.23. The number of aromatic nitrogens is 1. The van der Waals surface area contributed by atoms with E-state index in [2.05, 4.69) is 17.1 Å². The number of benzene rings is 2. The number of hydrogen-bond donors (Lipinski definition) is 1. The standard InChI is InChI=1S/C19H17NO/c1-19(21,18-9-5-6-14-20-18)17-12-10-16(11-13-17)15-7-3-2-4-8-15/h2-14,21H,1H3. The largest absolute Gasteiger partial charge is 0.379 e. The third-order valence-corrected chi connectivity index (χ3v) is 3.72. The van der Waals surface area contributed by atoms with Crippen molar-refractivity contribution in [3.63, 3.8) is 0 Å². The van der Waals surface area contributed by atoms with Gasteiger partial charge in [-0.2, -0.15) is 0 Å². The molecule has 0 saturated carbocycles. The second-order valence-electron chi connectivity index (χ2n) is 5.23. The summed E-state index contributed by atoms with van der Waals surface area (Å²) in [5, 5.41) is 10.8. The topological polar surface area (TPSA) is 33.1 Å². The van der Waals surface area contributed by atoms with Gasteiger partial charge < -0.3 is 5.11 Å². The maximum Gasteiger partial charge on any atom is 0.129 e. The molecule has 0 aliphatic heterocycles. The van der Waals surface area contributed by atoms with Gasteiger partial charge in [0.25, 0.3) is 0 Å². The number of rotatable bonds is 3. The number of aliphatic hydroxyl groups is 1. The average molecular weight is 275 g/mol. The highest BCUT2D eigenvalue weighted by atomic mass is 16.3. The van der Waals surface area contributed by atoms with Crippen molar-refractivity contribution in [3.05, 3.63) is 90.3 Å². The van der Waals surface area contributed by atoms with Crippen LogP contribution in [0.2, 0.25) is 0 Å². The molecule has 0 fully saturated rings. The lowest BCUT2D eigenvalue weighted by molar-refractivity contribution is 0.0974. The summed E-state index contributed by atoms with van der Waals surface area (Å²) in [5.41, 5.74) is 2.70. The first-order valence-electron chi connectivity index (χ1n) is 6.98. The third kappa shape index (κ3) is 2.71. The van der Waals surface area contributed by atoms with Gasteiger partial charge in [-0.3, -0.25) is 4.98 Å². The van der Waals surface area contributed by atoms with Crippen molar-refractivity contribution in [1.82, 2.24) is 4.98 Å². The summed E-state index contributed by atoms with van der Waals surface area (Å²) in [5.74, 6) is 0. The van der Waals surface area contributed by atoms with Gasteiger partial charge in [0.05, 0.1) is 5.69 Å². The third-order valence-electron chi connectivity index (χ3n) is 3.72. The van der Waals surface area contributed by atoms with Crippen LogP contribution in [0.5, 0.6) is 0 Å². The Bertz CT molecular complexity index is 704. The normalized spacial score (nSPS) is 13.6. The molecule has 2 nitrogen and oxygen atoms in total. The van der Waals surface area contributed by atoms with Gasteiger partial charge in [0, 0.05) is 6.20 Å². The Morgan fingerprint density at radius 2 is 1.38 bits per heavy atom. The first kappa shape index (κ1) is 13.5. The summed E-state index contributed by atoms with van der Waals surface area (Å²) in [6.45, 7) is 1.77. The van der Waals surface area contributed by atoms with Gasteiger partial charge in [-0.15, -0.1) is 0 Å². The number of nitrogens with zero attached hydrogens (tertiary/aromatic N) is 1. The van der Waals surface area contributed by atoms with Crippen molar-refractivity contribution in [3.8, 4) is 11.1 Å². The van der Waals surface area contributed by atoms with E-state index < -0.39 is 5.60 Å². The molecule has 1 N–H and O–H groups in total. The van der Waals surface area contributed by atoms with E-state index in [-0.39, 0.29) is 0 Å². The van der Waals surface area contributed by atoms with E-state index in [1.165, 1.54) is 5.56 Å². The van der Waals surface area contributed by atoms with E-state index in [4.69, 9.17) is 0 Å². The summed E-state index contributed by atoms with van der Waals surface area (Å²) in [6, 6.07) is 23.7. The molecule has 3 aromatic rings. The molecule has 2 heteroatoms. The van der Waals surface area contributed by atoms with Gasteiger partial charge >= 0.3 is 0 Å². The van der Waals surface area contributed by atoms with E-state index in [1.807, 2.05) is 60.7 Å². The Morgan fingerprint density at radius 1 is 0.762 bits per heavy atom. The minimum atomic E-state index is -1.09. The van der Waals surface area contributed by atoms with Crippen LogP contribution < -0.4 is 0 Å². The van der Waals surface area contributed by atoms with Gasteiger partial charge in [-0.05, 0) is 35.7 Å². The van der Waals surface area contributed by atoms with Gasteiger partial charge in [0.2, 0.25) is 0 Å². The molecular weight excluding hydrogens is 258 g/mol. The summed E-state index contributed by atoms with van der Waals surface area (Å²) in [6.07, 6.45) is 1.70. The van der Waals surface area contributed by atoms with E-state index >= 15 is 0 Å². The smallest absolute Gasteiger partial charge is 0.129 e. The van der Waals surface area contributed by atoms with Crippen LogP contribution in [0, 0.1) is 0 Å². The summed E-state index contributed by atoms with van der Waals surface area (Å²) in [4.78, 5) is 4.26. The summed E-state index contributed by atoms with van der Waals surface area (Å²) in [7, 11) is 0. The lowest BCUT2D eigenvalue weighted by Crippen LogP contribution is -2.23. The molecule has 0 aliphatic rings. The molecule has 0 bridgehead atoms. The first-order chi connectivity index (χ1) is 10.2. The highest BCUT2D eigenvalue weighted by Gasteiger charge is 2.26. The molecule has 2 aromatic carbocycles. The zero-order valence-electron chi connectivity index (χ0n) is 11.9. The van der Waals surface area contributed by atoms with Crippen molar-refractivity contribution in [2.45, 2.75) is 12.5 Å². The molecule has 0 spiro atoms. The molecule has 1 atom stereocenters. The summed E-state index contributed by atoms with van der Waals surface area (Å²) < 4.78 is 0. The Kier molecular flexibility index (Phi) is 3.55. The van der Waals surface area contributed by atoms with E-state index in [0.717, 1.165) is 11.1 Å². The number of hydrogen-bond acceptors (Lipinski definition) is 2. The second-order valence-corrected chi connectivity index (χ2v) is 5.23. The average Bonchev–Trinajstić information content (AvgIpc) is 2.57. The fourth-order valence-corrected chi connectivity index (χ4v) is 2.42. The highest BCUT2D eigenvalue weighted by molar-refractivity contribution is 5.63. The molecule has 1 aromatic heterocycles. The minimum absolute atomic E-state index is 0.650. The molecule has 0 saturated heterocycles. The fourth-order valence-electron chi connectivity index (χ4n) is 2.42. The van der Waals surface area contributed by atoms with Gasteiger partial charge in [0.15, 0.2) is 0 Å². The van der Waals surface area contributed by atoms with Crippen molar-refractivity contribution < 1.29 is 5.11 Å². The molecule has 104 valence electrons. The Labute approximate surface area is 124 Å². The van der Waals surface area contributed by atoms with Crippen LogP contribution in [-0.4, -0.2) is 10.1 Å². The molecule has 0 amide bonds. The lowest BCUT2D eigenvalue weighted by atomic mass is 9.90. The predicted molar refractivity (Wildman–Crippen MR) is 84.8 cm³/mol. The molecule has 1 heterocycles. The Morgan fingerprint density at radius 3 is 2.00 bits per heavy atom. The predicted octanol–water partition coefficient (Wildman–Crippen LogP) is 4.00. The van der Waals surface area contributed by atoms with Gasteiger partial charge in [-0.1, -0.05) is 60.7 Å². The van der Waals surface area contributed by atoms with Gasteiger partial charge in [-0.25, -0.2) is 0 Å². The van der Waals surface area contributed by atoms with Crippen LogP contribution in [-0.2, 0) is 5.60 Å². The molecule has 0 aliphatic carbocycles. The Hall–Kier alpha value is -2.45.